The van der Waals surface area contributed by atoms with E-state index in [0.29, 0.717) is 0 Å². The third-order valence-electron chi connectivity index (χ3n) is 3.76. The minimum atomic E-state index is 0.185. The lowest BCUT2D eigenvalue weighted by molar-refractivity contribution is 0.724. The van der Waals surface area contributed by atoms with Crippen molar-refractivity contribution in [1.82, 2.24) is 4.98 Å². The van der Waals surface area contributed by atoms with Gasteiger partial charge in [-0.25, -0.2) is 0 Å². The Bertz CT molecular complexity index is 630. The molecule has 0 aliphatic heterocycles. The van der Waals surface area contributed by atoms with Crippen LogP contribution in [0.1, 0.15) is 36.9 Å². The predicted molar refractivity (Wildman–Crippen MR) is 82.6 cm³/mol. The fourth-order valence-electron chi connectivity index (χ4n) is 2.71. The standard InChI is InChI=1S/C17H18ClN/c1-12-6-7-15-10-14(8-9-17(15)19-12)13-4-2-3-5-16(18)11-13/h6-11,16H,2-5H2,1H3. The Hall–Kier alpha value is -1.34. The Balaban J connectivity index is 2.03. The minimum absolute atomic E-state index is 0.185. The van der Waals surface area contributed by atoms with Crippen molar-refractivity contribution in [3.63, 3.8) is 0 Å². The second-order valence-corrected chi connectivity index (χ2v) is 5.87. The zero-order valence-electron chi connectivity index (χ0n) is 11.2. The first kappa shape index (κ1) is 12.7. The van der Waals surface area contributed by atoms with Crippen molar-refractivity contribution in [2.75, 3.05) is 0 Å². The van der Waals surface area contributed by atoms with E-state index in [-0.39, 0.29) is 5.38 Å². The van der Waals surface area contributed by atoms with Gasteiger partial charge in [0, 0.05) is 11.1 Å². The quantitative estimate of drug-likeness (QED) is 0.657. The third kappa shape index (κ3) is 2.82. The number of halogens is 1. The summed E-state index contributed by atoms with van der Waals surface area (Å²) in [6, 6.07) is 10.7. The molecule has 1 aromatic heterocycles. The Kier molecular flexibility index (Phi) is 3.56. The molecule has 0 saturated carbocycles. The number of nitrogens with zero attached hydrogens (tertiary/aromatic N) is 1. The van der Waals surface area contributed by atoms with Gasteiger partial charge >= 0.3 is 0 Å². The topological polar surface area (TPSA) is 12.9 Å². The number of hydrogen-bond donors (Lipinski definition) is 0. The van der Waals surface area contributed by atoms with E-state index in [2.05, 4.69) is 41.4 Å². The van der Waals surface area contributed by atoms with Crippen molar-refractivity contribution in [3.05, 3.63) is 47.7 Å². The summed E-state index contributed by atoms with van der Waals surface area (Å²) in [4.78, 5) is 4.55. The molecule has 1 aliphatic carbocycles. The summed E-state index contributed by atoms with van der Waals surface area (Å²) in [5.41, 5.74) is 4.82. The summed E-state index contributed by atoms with van der Waals surface area (Å²) in [7, 11) is 0. The fraction of sp³-hybridized carbons (Fsp3) is 0.353. The maximum absolute atomic E-state index is 6.32. The van der Waals surface area contributed by atoms with E-state index in [1.54, 1.807) is 0 Å². The Morgan fingerprint density at radius 3 is 2.95 bits per heavy atom. The third-order valence-corrected chi connectivity index (χ3v) is 4.10. The van der Waals surface area contributed by atoms with Crippen molar-refractivity contribution in [2.24, 2.45) is 0 Å². The molecular formula is C17H18ClN. The van der Waals surface area contributed by atoms with Crippen molar-refractivity contribution in [3.8, 4) is 0 Å². The largest absolute Gasteiger partial charge is 0.253 e. The second-order valence-electron chi connectivity index (χ2n) is 5.31. The molecule has 19 heavy (non-hydrogen) atoms. The van der Waals surface area contributed by atoms with Gasteiger partial charge in [0.15, 0.2) is 0 Å². The molecule has 0 fully saturated rings. The number of alkyl halides is 1. The molecule has 1 heterocycles. The van der Waals surface area contributed by atoms with E-state index in [9.17, 15) is 0 Å². The molecule has 0 amide bonds. The molecule has 0 radical (unpaired) electrons. The van der Waals surface area contributed by atoms with Crippen LogP contribution in [-0.4, -0.2) is 10.4 Å². The smallest absolute Gasteiger partial charge is 0.0705 e. The Labute approximate surface area is 119 Å². The average molecular weight is 272 g/mol. The van der Waals surface area contributed by atoms with Crippen LogP contribution in [0.5, 0.6) is 0 Å². The van der Waals surface area contributed by atoms with E-state index in [4.69, 9.17) is 11.6 Å². The van der Waals surface area contributed by atoms with Gasteiger partial charge < -0.3 is 0 Å². The molecule has 3 rings (SSSR count). The van der Waals surface area contributed by atoms with Gasteiger partial charge in [-0.05, 0) is 55.5 Å². The van der Waals surface area contributed by atoms with E-state index in [0.717, 1.165) is 24.1 Å². The van der Waals surface area contributed by atoms with E-state index in [1.165, 1.54) is 29.4 Å². The van der Waals surface area contributed by atoms with Crippen molar-refractivity contribution < 1.29 is 0 Å². The summed E-state index contributed by atoms with van der Waals surface area (Å²) < 4.78 is 0. The summed E-state index contributed by atoms with van der Waals surface area (Å²) in [5.74, 6) is 0. The number of allylic oxidation sites excluding steroid dienone is 2. The summed E-state index contributed by atoms with van der Waals surface area (Å²) in [5, 5.41) is 1.39. The number of rotatable bonds is 1. The lowest BCUT2D eigenvalue weighted by Crippen LogP contribution is -1.92. The molecule has 1 atom stereocenters. The molecule has 2 aromatic rings. The summed E-state index contributed by atoms with van der Waals surface area (Å²) in [6.45, 7) is 2.03. The fourth-order valence-corrected chi connectivity index (χ4v) is 3.01. The highest BCUT2D eigenvalue weighted by Gasteiger charge is 2.11. The predicted octanol–water partition coefficient (Wildman–Crippen LogP) is 5.11. The van der Waals surface area contributed by atoms with E-state index >= 15 is 0 Å². The van der Waals surface area contributed by atoms with Crippen LogP contribution in [0.2, 0.25) is 0 Å². The molecule has 1 nitrogen and oxygen atoms in total. The normalized spacial score (nSPS) is 20.1. The molecule has 0 bridgehead atoms. The van der Waals surface area contributed by atoms with Crippen LogP contribution in [0.3, 0.4) is 0 Å². The van der Waals surface area contributed by atoms with Gasteiger partial charge in [-0.2, -0.15) is 0 Å². The SMILES string of the molecule is Cc1ccc2cc(C3=CC(Cl)CCCC3)ccc2n1. The van der Waals surface area contributed by atoms with Crippen molar-refractivity contribution in [2.45, 2.75) is 38.0 Å². The highest BCUT2D eigenvalue weighted by atomic mass is 35.5. The molecule has 1 unspecified atom stereocenters. The number of fused-ring (bicyclic) bond motifs is 1. The maximum atomic E-state index is 6.32. The number of benzene rings is 1. The molecule has 1 aromatic carbocycles. The van der Waals surface area contributed by atoms with Crippen LogP contribution < -0.4 is 0 Å². The highest BCUT2D eigenvalue weighted by molar-refractivity contribution is 6.22. The summed E-state index contributed by atoms with van der Waals surface area (Å²) >= 11 is 6.32. The van der Waals surface area contributed by atoms with Crippen LogP contribution in [0.15, 0.2) is 36.4 Å². The van der Waals surface area contributed by atoms with Crippen LogP contribution in [0, 0.1) is 6.92 Å². The van der Waals surface area contributed by atoms with Gasteiger partial charge in [-0.3, -0.25) is 4.98 Å². The van der Waals surface area contributed by atoms with Crippen molar-refractivity contribution in [1.29, 1.82) is 0 Å². The molecule has 0 saturated heterocycles. The van der Waals surface area contributed by atoms with Gasteiger partial charge in [-0.1, -0.05) is 24.6 Å². The highest BCUT2D eigenvalue weighted by Crippen LogP contribution is 2.29. The van der Waals surface area contributed by atoms with Gasteiger partial charge in [0.2, 0.25) is 0 Å². The van der Waals surface area contributed by atoms with Crippen LogP contribution >= 0.6 is 11.6 Å². The first-order valence-corrected chi connectivity index (χ1v) is 7.38. The van der Waals surface area contributed by atoms with Gasteiger partial charge in [0.25, 0.3) is 0 Å². The van der Waals surface area contributed by atoms with Crippen molar-refractivity contribution >= 4 is 28.1 Å². The first-order valence-electron chi connectivity index (χ1n) is 6.95. The average Bonchev–Trinajstić information content (AvgIpc) is 2.63. The molecule has 1 aliphatic rings. The summed E-state index contributed by atoms with van der Waals surface area (Å²) in [6.07, 6.45) is 6.92. The molecular weight excluding hydrogens is 254 g/mol. The molecule has 98 valence electrons. The van der Waals surface area contributed by atoms with Crippen LogP contribution in [0.4, 0.5) is 0 Å². The van der Waals surface area contributed by atoms with Gasteiger partial charge in [0.05, 0.1) is 10.9 Å². The number of pyridine rings is 1. The second kappa shape index (κ2) is 5.34. The Morgan fingerprint density at radius 2 is 2.05 bits per heavy atom. The Morgan fingerprint density at radius 1 is 1.16 bits per heavy atom. The number of aryl methyl sites for hydroxylation is 1. The minimum Gasteiger partial charge on any atom is -0.253 e. The number of aromatic nitrogens is 1. The monoisotopic (exact) mass is 271 g/mol. The molecule has 0 N–H and O–H groups in total. The lowest BCUT2D eigenvalue weighted by Gasteiger charge is -2.08. The van der Waals surface area contributed by atoms with E-state index < -0.39 is 0 Å². The lowest BCUT2D eigenvalue weighted by atomic mass is 9.99. The van der Waals surface area contributed by atoms with Gasteiger partial charge in [-0.15, -0.1) is 11.6 Å². The zero-order valence-corrected chi connectivity index (χ0v) is 12.0. The zero-order chi connectivity index (χ0) is 13.2. The van der Waals surface area contributed by atoms with Gasteiger partial charge in [0.1, 0.15) is 0 Å². The molecule has 2 heteroatoms. The van der Waals surface area contributed by atoms with E-state index in [1.807, 2.05) is 6.92 Å². The first-order chi connectivity index (χ1) is 9.22. The number of hydrogen-bond acceptors (Lipinski definition) is 1. The van der Waals surface area contributed by atoms with Crippen LogP contribution in [0.25, 0.3) is 16.5 Å². The molecule has 0 spiro atoms. The van der Waals surface area contributed by atoms with Crippen LogP contribution in [-0.2, 0) is 0 Å². The maximum Gasteiger partial charge on any atom is 0.0705 e.